The second-order valence-electron chi connectivity index (χ2n) is 18.0. The van der Waals surface area contributed by atoms with Crippen molar-refractivity contribution in [1.29, 1.82) is 0 Å². The molecule has 0 spiro atoms. The smallest absolute Gasteiger partial charge is 0.143 e. The molecule has 4 heteroatoms. The third-order valence-electron chi connectivity index (χ3n) is 14.2. The number of rotatable bonds is 8. The van der Waals surface area contributed by atoms with E-state index >= 15 is 0 Å². The Balaban J connectivity index is 0.881. The number of benzene rings is 11. The second kappa shape index (κ2) is 16.2. The number of aromatic nitrogens is 2. The molecule has 0 unspecified atom stereocenters. The van der Waals surface area contributed by atoms with Crippen LogP contribution in [0.25, 0.3) is 110 Å². The lowest BCUT2D eigenvalue weighted by Gasteiger charge is -2.26. The monoisotopic (exact) mass is 893 g/mol. The SMILES string of the molecule is c1ccc(-n2c3ccccc3c3ccccc32)c(-c2ccc(N(c3ccc(-c4ccccc4-n4c5ccccc5c5ccccc54)cc3)c3ccc(-c4cccc5c4oc4ccccc45)cc3)cc2)c1. The van der Waals surface area contributed by atoms with Gasteiger partial charge in [-0.3, -0.25) is 0 Å². The largest absolute Gasteiger partial charge is 0.455 e. The van der Waals surface area contributed by atoms with Crippen molar-refractivity contribution in [1.82, 2.24) is 9.13 Å². The van der Waals surface area contributed by atoms with Crippen LogP contribution >= 0.6 is 0 Å². The van der Waals surface area contributed by atoms with Gasteiger partial charge in [0.1, 0.15) is 11.2 Å². The van der Waals surface area contributed by atoms with E-state index in [1.165, 1.54) is 54.7 Å². The minimum atomic E-state index is 0.898. The molecule has 4 nitrogen and oxygen atoms in total. The van der Waals surface area contributed by atoms with E-state index in [0.717, 1.165) is 72.6 Å². The number of nitrogens with zero attached hydrogens (tertiary/aromatic N) is 3. The van der Waals surface area contributed by atoms with E-state index in [9.17, 15) is 0 Å². The van der Waals surface area contributed by atoms with Crippen molar-refractivity contribution in [3.05, 3.63) is 261 Å². The third-order valence-corrected chi connectivity index (χ3v) is 14.2. The first kappa shape index (κ1) is 39.8. The Labute approximate surface area is 404 Å². The van der Waals surface area contributed by atoms with Crippen LogP contribution in [0.2, 0.25) is 0 Å². The van der Waals surface area contributed by atoms with Crippen LogP contribution in [0.4, 0.5) is 17.1 Å². The van der Waals surface area contributed by atoms with Gasteiger partial charge >= 0.3 is 0 Å². The summed E-state index contributed by atoms with van der Waals surface area (Å²) < 4.78 is 11.3. The predicted octanol–water partition coefficient (Wildman–Crippen LogP) is 18.3. The average Bonchev–Trinajstić information content (AvgIpc) is 4.10. The molecule has 0 bridgehead atoms. The Morgan fingerprint density at radius 3 is 1.03 bits per heavy atom. The summed E-state index contributed by atoms with van der Waals surface area (Å²) >= 11 is 0. The highest BCUT2D eigenvalue weighted by molar-refractivity contribution is 6.12. The molecular formula is C66H43N3O. The first-order chi connectivity index (χ1) is 34.7. The Kier molecular flexibility index (Phi) is 9.17. The molecular weight excluding hydrogens is 851 g/mol. The van der Waals surface area contributed by atoms with Crippen LogP contribution in [0, 0.1) is 0 Å². The lowest BCUT2D eigenvalue weighted by molar-refractivity contribution is 0.670. The number of para-hydroxylation sites is 8. The standard InChI is InChI=1S/C66H43N3O/c1-8-25-59(68-61-27-10-3-18-53(61)54-19-4-11-28-62(54)68)50(16-1)44-32-38-47(39-33-44)67(49-42-36-46(37-43-49)52-23-15-24-58-57-22-7-14-31-65(57)70-66(52)58)48-40-34-45(35-41-48)51-17-2-9-26-60(51)69-63-29-12-5-20-55(63)56-21-6-13-30-64(56)69/h1-43H. The molecule has 70 heavy (non-hydrogen) atoms. The predicted molar refractivity (Wildman–Crippen MR) is 293 cm³/mol. The molecule has 0 fully saturated rings. The zero-order chi connectivity index (χ0) is 46.1. The first-order valence-electron chi connectivity index (χ1n) is 23.9. The van der Waals surface area contributed by atoms with Crippen LogP contribution in [0.3, 0.4) is 0 Å². The van der Waals surface area contributed by atoms with E-state index in [4.69, 9.17) is 4.42 Å². The van der Waals surface area contributed by atoms with Crippen LogP contribution in [0.5, 0.6) is 0 Å². The van der Waals surface area contributed by atoms with E-state index in [2.05, 4.69) is 263 Å². The van der Waals surface area contributed by atoms with E-state index in [-0.39, 0.29) is 0 Å². The Morgan fingerprint density at radius 2 is 0.586 bits per heavy atom. The molecule has 0 saturated carbocycles. The molecule has 0 aliphatic rings. The maximum atomic E-state index is 6.48. The Morgan fingerprint density at radius 1 is 0.257 bits per heavy atom. The second-order valence-corrected chi connectivity index (χ2v) is 18.0. The fourth-order valence-electron chi connectivity index (χ4n) is 11.0. The number of furan rings is 1. The lowest BCUT2D eigenvalue weighted by atomic mass is 10.0. The zero-order valence-corrected chi connectivity index (χ0v) is 38.1. The maximum absolute atomic E-state index is 6.48. The molecule has 3 heterocycles. The van der Waals surface area contributed by atoms with Crippen molar-refractivity contribution in [2.75, 3.05) is 4.90 Å². The van der Waals surface area contributed by atoms with E-state index in [0.29, 0.717) is 0 Å². The van der Waals surface area contributed by atoms with Crippen molar-refractivity contribution in [3.63, 3.8) is 0 Å². The van der Waals surface area contributed by atoms with E-state index in [1.807, 2.05) is 12.1 Å². The summed E-state index contributed by atoms with van der Waals surface area (Å²) in [5.41, 5.74) is 18.9. The van der Waals surface area contributed by atoms with Gasteiger partial charge in [-0.15, -0.1) is 0 Å². The van der Waals surface area contributed by atoms with Crippen LogP contribution < -0.4 is 4.90 Å². The van der Waals surface area contributed by atoms with Crippen LogP contribution in [0.15, 0.2) is 265 Å². The highest BCUT2D eigenvalue weighted by Gasteiger charge is 2.20. The van der Waals surface area contributed by atoms with Crippen LogP contribution in [-0.2, 0) is 0 Å². The normalized spacial score (nSPS) is 11.7. The molecule has 14 aromatic rings. The van der Waals surface area contributed by atoms with Crippen LogP contribution in [0.1, 0.15) is 0 Å². The quantitative estimate of drug-likeness (QED) is 0.152. The molecule has 0 radical (unpaired) electrons. The van der Waals surface area contributed by atoms with Gasteiger partial charge in [-0.05, 0) is 95.6 Å². The highest BCUT2D eigenvalue weighted by Crippen LogP contribution is 2.43. The number of anilines is 3. The fourth-order valence-corrected chi connectivity index (χ4v) is 11.0. The highest BCUT2D eigenvalue weighted by atomic mass is 16.3. The topological polar surface area (TPSA) is 26.2 Å². The van der Waals surface area contributed by atoms with Gasteiger partial charge in [0.05, 0.1) is 33.4 Å². The summed E-state index contributed by atoms with van der Waals surface area (Å²) in [5, 5.41) is 7.25. The molecule has 328 valence electrons. The fraction of sp³-hybridized carbons (Fsp3) is 0. The van der Waals surface area contributed by atoms with Crippen molar-refractivity contribution in [2.24, 2.45) is 0 Å². The van der Waals surface area contributed by atoms with Crippen molar-refractivity contribution in [3.8, 4) is 44.8 Å². The summed E-state index contributed by atoms with van der Waals surface area (Å²) in [5.74, 6) is 0. The van der Waals surface area contributed by atoms with E-state index in [1.54, 1.807) is 0 Å². The van der Waals surface area contributed by atoms with E-state index < -0.39 is 0 Å². The number of fused-ring (bicyclic) bond motifs is 9. The molecule has 0 aliphatic heterocycles. The molecule has 14 rings (SSSR count). The Hall–Kier alpha value is -9.38. The molecule has 0 saturated heterocycles. The summed E-state index contributed by atoms with van der Waals surface area (Å²) in [6.45, 7) is 0. The third kappa shape index (κ3) is 6.31. The van der Waals surface area contributed by atoms with Gasteiger partial charge in [0.2, 0.25) is 0 Å². The van der Waals surface area contributed by atoms with Gasteiger partial charge in [-0.1, -0.05) is 182 Å². The summed E-state index contributed by atoms with van der Waals surface area (Å²) in [7, 11) is 0. The zero-order valence-electron chi connectivity index (χ0n) is 38.1. The van der Waals surface area contributed by atoms with Gasteiger partial charge in [-0.25, -0.2) is 0 Å². The summed E-state index contributed by atoms with van der Waals surface area (Å²) in [6.07, 6.45) is 0. The van der Waals surface area contributed by atoms with Crippen molar-refractivity contribution < 1.29 is 4.42 Å². The minimum Gasteiger partial charge on any atom is -0.455 e. The maximum Gasteiger partial charge on any atom is 0.143 e. The lowest BCUT2D eigenvalue weighted by Crippen LogP contribution is -2.10. The molecule has 0 atom stereocenters. The molecule has 0 amide bonds. The van der Waals surface area contributed by atoms with Gasteiger partial charge in [-0.2, -0.15) is 0 Å². The van der Waals surface area contributed by atoms with Gasteiger partial charge in [0.15, 0.2) is 0 Å². The van der Waals surface area contributed by atoms with Crippen molar-refractivity contribution in [2.45, 2.75) is 0 Å². The molecule has 0 N–H and O–H groups in total. The number of hydrogen-bond acceptors (Lipinski definition) is 2. The minimum absolute atomic E-state index is 0.898. The van der Waals surface area contributed by atoms with Crippen LogP contribution in [-0.4, -0.2) is 9.13 Å². The first-order valence-corrected chi connectivity index (χ1v) is 23.9. The average molecular weight is 894 g/mol. The molecule has 3 aromatic heterocycles. The molecule has 11 aromatic carbocycles. The Bertz CT molecular complexity index is 3980. The van der Waals surface area contributed by atoms with Gasteiger partial charge in [0, 0.05) is 66.1 Å². The summed E-state index contributed by atoms with van der Waals surface area (Å²) in [6, 6.07) is 94.1. The summed E-state index contributed by atoms with van der Waals surface area (Å²) in [4.78, 5) is 2.36. The van der Waals surface area contributed by atoms with Gasteiger partial charge in [0.25, 0.3) is 0 Å². The molecule has 0 aliphatic carbocycles. The van der Waals surface area contributed by atoms with Crippen molar-refractivity contribution >= 4 is 82.6 Å². The van der Waals surface area contributed by atoms with Gasteiger partial charge < -0.3 is 18.5 Å². The number of hydrogen-bond donors (Lipinski definition) is 0.